The maximum atomic E-state index is 5.35. The Kier molecular flexibility index (Phi) is 7.18. The minimum atomic E-state index is 0.939. The fourth-order valence-electron chi connectivity index (χ4n) is 7.18. The summed E-state index contributed by atoms with van der Waals surface area (Å²) in [5.74, 6) is 0. The summed E-state index contributed by atoms with van der Waals surface area (Å²) in [5, 5.41) is 2.48. The van der Waals surface area contributed by atoms with Crippen molar-refractivity contribution in [2.75, 3.05) is 0 Å². The van der Waals surface area contributed by atoms with Crippen molar-refractivity contribution in [1.82, 2.24) is 9.55 Å². The predicted octanol–water partition coefficient (Wildman–Crippen LogP) is 12.5. The molecule has 0 aliphatic rings. The van der Waals surface area contributed by atoms with E-state index in [1.165, 1.54) is 32.9 Å². The molecular formula is C47H32N2. The maximum absolute atomic E-state index is 5.35. The van der Waals surface area contributed by atoms with E-state index in [2.05, 4.69) is 199 Å². The summed E-state index contributed by atoms with van der Waals surface area (Å²) in [6, 6.07) is 69.2. The summed E-state index contributed by atoms with van der Waals surface area (Å²) in [7, 11) is 0. The summed E-state index contributed by atoms with van der Waals surface area (Å²) in [4.78, 5) is 5.35. The first-order valence-electron chi connectivity index (χ1n) is 16.7. The first kappa shape index (κ1) is 28.7. The monoisotopic (exact) mass is 624 g/mol. The van der Waals surface area contributed by atoms with Gasteiger partial charge in [0.25, 0.3) is 0 Å². The third-order valence-corrected chi connectivity index (χ3v) is 9.42. The average molecular weight is 625 g/mol. The zero-order valence-electron chi connectivity index (χ0n) is 26.9. The van der Waals surface area contributed by atoms with Crippen molar-refractivity contribution < 1.29 is 0 Å². The number of fused-ring (bicyclic) bond motifs is 3. The third kappa shape index (κ3) is 5.11. The Morgan fingerprint density at radius 3 is 1.43 bits per heavy atom. The fraction of sp³-hybridized carbons (Fsp3) is 0. The minimum Gasteiger partial charge on any atom is -0.308 e. The lowest BCUT2D eigenvalue weighted by Crippen LogP contribution is -2.01. The van der Waals surface area contributed by atoms with Gasteiger partial charge < -0.3 is 4.57 Å². The van der Waals surface area contributed by atoms with Crippen LogP contribution in [0.3, 0.4) is 0 Å². The van der Waals surface area contributed by atoms with Crippen LogP contribution in [0, 0.1) is 0 Å². The number of aromatic nitrogens is 2. The Hall–Kier alpha value is -6.51. The SMILES string of the molecule is c1ccc(-c2cc(-c3ccccc3)nc(-c3ccccc3-c3cccc(-c4ccccc4)c3-n3c4ccccc4c4ccccc43)c2)cc1. The van der Waals surface area contributed by atoms with E-state index in [0.717, 1.165) is 50.5 Å². The molecule has 0 bridgehead atoms. The summed E-state index contributed by atoms with van der Waals surface area (Å²) in [5.41, 5.74) is 14.5. The standard InChI is InChI=1S/C47H32N2/c1-4-17-33(18-5-1)36-31-43(35-21-8-3-9-22-35)48-44(32-36)39-24-11-10-23-38(39)42-28-16-27-37(34-19-6-2-7-20-34)47(42)49-45-29-14-12-25-40(45)41-26-13-15-30-46(41)49/h1-32H. The van der Waals surface area contributed by atoms with E-state index in [9.17, 15) is 0 Å². The molecule has 0 atom stereocenters. The summed E-state index contributed by atoms with van der Waals surface area (Å²) < 4.78 is 2.46. The molecule has 9 aromatic rings. The van der Waals surface area contributed by atoms with Crippen LogP contribution >= 0.6 is 0 Å². The Bertz CT molecular complexity index is 2470. The van der Waals surface area contributed by atoms with Crippen molar-refractivity contribution in [3.05, 3.63) is 194 Å². The van der Waals surface area contributed by atoms with Gasteiger partial charge in [-0.3, -0.25) is 0 Å². The van der Waals surface area contributed by atoms with Gasteiger partial charge in [0.1, 0.15) is 0 Å². The molecule has 49 heavy (non-hydrogen) atoms. The molecule has 2 heteroatoms. The molecule has 0 radical (unpaired) electrons. The van der Waals surface area contributed by atoms with Crippen molar-refractivity contribution in [2.24, 2.45) is 0 Å². The summed E-state index contributed by atoms with van der Waals surface area (Å²) in [6.45, 7) is 0. The molecule has 0 unspecified atom stereocenters. The van der Waals surface area contributed by atoms with Crippen LogP contribution in [0.25, 0.3) is 83.4 Å². The van der Waals surface area contributed by atoms with Crippen LogP contribution in [0.1, 0.15) is 0 Å². The number of para-hydroxylation sites is 3. The molecule has 2 aromatic heterocycles. The Morgan fingerprint density at radius 2 is 0.776 bits per heavy atom. The van der Waals surface area contributed by atoms with Crippen molar-refractivity contribution >= 4 is 21.8 Å². The smallest absolute Gasteiger partial charge is 0.0721 e. The molecular weight excluding hydrogens is 593 g/mol. The molecule has 230 valence electrons. The highest BCUT2D eigenvalue weighted by atomic mass is 15.0. The lowest BCUT2D eigenvalue weighted by molar-refractivity contribution is 1.18. The highest BCUT2D eigenvalue weighted by Crippen LogP contribution is 2.44. The second-order valence-corrected chi connectivity index (χ2v) is 12.3. The number of rotatable bonds is 6. The Morgan fingerprint density at radius 1 is 0.306 bits per heavy atom. The van der Waals surface area contributed by atoms with E-state index in [0.29, 0.717) is 0 Å². The van der Waals surface area contributed by atoms with Crippen molar-refractivity contribution in [2.45, 2.75) is 0 Å². The van der Waals surface area contributed by atoms with E-state index >= 15 is 0 Å². The molecule has 0 amide bonds. The van der Waals surface area contributed by atoms with Gasteiger partial charge in [0, 0.05) is 33.0 Å². The molecule has 0 aliphatic heterocycles. The molecule has 2 heterocycles. The molecule has 9 rings (SSSR count). The fourth-order valence-corrected chi connectivity index (χ4v) is 7.18. The molecule has 0 saturated carbocycles. The first-order chi connectivity index (χ1) is 24.3. The van der Waals surface area contributed by atoms with Crippen LogP contribution in [0.5, 0.6) is 0 Å². The predicted molar refractivity (Wildman–Crippen MR) is 206 cm³/mol. The zero-order chi connectivity index (χ0) is 32.6. The zero-order valence-corrected chi connectivity index (χ0v) is 26.9. The van der Waals surface area contributed by atoms with Crippen LogP contribution in [-0.2, 0) is 0 Å². The van der Waals surface area contributed by atoms with Crippen LogP contribution in [0.15, 0.2) is 194 Å². The minimum absolute atomic E-state index is 0.939. The number of hydrogen-bond acceptors (Lipinski definition) is 1. The van der Waals surface area contributed by atoms with Gasteiger partial charge in [-0.25, -0.2) is 4.98 Å². The summed E-state index contributed by atoms with van der Waals surface area (Å²) >= 11 is 0. The van der Waals surface area contributed by atoms with Gasteiger partial charge in [-0.2, -0.15) is 0 Å². The van der Waals surface area contributed by atoms with Gasteiger partial charge in [0.2, 0.25) is 0 Å². The van der Waals surface area contributed by atoms with Gasteiger partial charge >= 0.3 is 0 Å². The molecule has 0 spiro atoms. The average Bonchev–Trinajstić information content (AvgIpc) is 3.52. The quantitative estimate of drug-likeness (QED) is 0.180. The molecule has 0 aliphatic carbocycles. The lowest BCUT2D eigenvalue weighted by atomic mass is 9.91. The second kappa shape index (κ2) is 12.3. The lowest BCUT2D eigenvalue weighted by Gasteiger charge is -2.21. The van der Waals surface area contributed by atoms with E-state index in [-0.39, 0.29) is 0 Å². The molecule has 2 nitrogen and oxygen atoms in total. The summed E-state index contributed by atoms with van der Waals surface area (Å²) in [6.07, 6.45) is 0. The maximum Gasteiger partial charge on any atom is 0.0721 e. The highest BCUT2D eigenvalue weighted by molar-refractivity contribution is 6.10. The van der Waals surface area contributed by atoms with Crippen molar-refractivity contribution in [3.63, 3.8) is 0 Å². The number of nitrogens with zero attached hydrogens (tertiary/aromatic N) is 2. The molecule has 0 fully saturated rings. The van der Waals surface area contributed by atoms with E-state index in [4.69, 9.17) is 4.98 Å². The van der Waals surface area contributed by atoms with E-state index in [1.54, 1.807) is 0 Å². The van der Waals surface area contributed by atoms with Gasteiger partial charge in [-0.1, -0.05) is 170 Å². The van der Waals surface area contributed by atoms with Gasteiger partial charge in [0.15, 0.2) is 0 Å². The van der Waals surface area contributed by atoms with Gasteiger partial charge in [0.05, 0.1) is 28.1 Å². The van der Waals surface area contributed by atoms with Crippen molar-refractivity contribution in [1.29, 1.82) is 0 Å². The van der Waals surface area contributed by atoms with Gasteiger partial charge in [-0.05, 0) is 46.5 Å². The van der Waals surface area contributed by atoms with Crippen LogP contribution in [0.4, 0.5) is 0 Å². The molecule has 7 aromatic carbocycles. The van der Waals surface area contributed by atoms with Crippen LogP contribution < -0.4 is 0 Å². The Labute approximate surface area is 286 Å². The largest absolute Gasteiger partial charge is 0.308 e. The van der Waals surface area contributed by atoms with E-state index < -0.39 is 0 Å². The Balaban J connectivity index is 1.35. The van der Waals surface area contributed by atoms with Crippen LogP contribution in [0.2, 0.25) is 0 Å². The molecule has 0 saturated heterocycles. The highest BCUT2D eigenvalue weighted by Gasteiger charge is 2.21. The topological polar surface area (TPSA) is 17.8 Å². The second-order valence-electron chi connectivity index (χ2n) is 12.3. The molecule has 0 N–H and O–H groups in total. The van der Waals surface area contributed by atoms with Crippen LogP contribution in [-0.4, -0.2) is 9.55 Å². The normalized spacial score (nSPS) is 11.3. The first-order valence-corrected chi connectivity index (χ1v) is 16.7. The van der Waals surface area contributed by atoms with Crippen molar-refractivity contribution in [3.8, 4) is 61.6 Å². The van der Waals surface area contributed by atoms with Gasteiger partial charge in [-0.15, -0.1) is 0 Å². The number of hydrogen-bond donors (Lipinski definition) is 0. The number of pyridine rings is 1. The van der Waals surface area contributed by atoms with E-state index in [1.807, 2.05) is 0 Å². The number of benzene rings is 7. The third-order valence-electron chi connectivity index (χ3n) is 9.42.